The fraction of sp³-hybridized carbons (Fsp3) is 0.750. The molecular formula is C12H21ClN2S. The van der Waals surface area contributed by atoms with Crippen molar-refractivity contribution in [3.63, 3.8) is 0 Å². The summed E-state index contributed by atoms with van der Waals surface area (Å²) in [5.74, 6) is 0.538. The Morgan fingerprint density at radius 3 is 2.62 bits per heavy atom. The Morgan fingerprint density at radius 1 is 1.31 bits per heavy atom. The van der Waals surface area contributed by atoms with Crippen molar-refractivity contribution < 1.29 is 0 Å². The van der Waals surface area contributed by atoms with Crippen LogP contribution >= 0.6 is 22.9 Å². The molecule has 1 rings (SSSR count). The van der Waals surface area contributed by atoms with E-state index in [1.54, 1.807) is 11.3 Å². The Kier molecular flexibility index (Phi) is 7.01. The number of alkyl halides is 1. The molecule has 16 heavy (non-hydrogen) atoms. The van der Waals surface area contributed by atoms with Gasteiger partial charge in [-0.2, -0.15) is 0 Å². The highest BCUT2D eigenvalue weighted by Gasteiger charge is 2.02. The zero-order valence-corrected chi connectivity index (χ0v) is 11.8. The molecule has 0 fully saturated rings. The highest BCUT2D eigenvalue weighted by molar-refractivity contribution is 7.09. The van der Waals surface area contributed by atoms with Crippen LogP contribution in [0.15, 0.2) is 5.38 Å². The summed E-state index contributed by atoms with van der Waals surface area (Å²) < 4.78 is 0. The van der Waals surface area contributed by atoms with Crippen molar-refractivity contribution in [3.8, 4) is 0 Å². The number of hydrogen-bond donors (Lipinski definition) is 0. The minimum atomic E-state index is 0.538. The van der Waals surface area contributed by atoms with E-state index in [9.17, 15) is 0 Å². The first kappa shape index (κ1) is 13.9. The predicted molar refractivity (Wildman–Crippen MR) is 72.4 cm³/mol. The maximum Gasteiger partial charge on any atom is 0.0928 e. The lowest BCUT2D eigenvalue weighted by Crippen LogP contribution is -2.23. The molecule has 0 aliphatic rings. The van der Waals surface area contributed by atoms with E-state index in [1.807, 2.05) is 0 Å². The molecule has 0 N–H and O–H groups in total. The smallest absolute Gasteiger partial charge is 0.0928 e. The molecule has 0 spiro atoms. The highest BCUT2D eigenvalue weighted by Crippen LogP contribution is 2.14. The van der Waals surface area contributed by atoms with Gasteiger partial charge in [0.2, 0.25) is 0 Å². The fourth-order valence-corrected chi connectivity index (χ4v) is 2.75. The van der Waals surface area contributed by atoms with Crippen molar-refractivity contribution in [2.45, 2.75) is 39.0 Å². The Bertz CT molecular complexity index is 284. The molecule has 0 saturated heterocycles. The zero-order chi connectivity index (χ0) is 11.8. The van der Waals surface area contributed by atoms with Crippen LogP contribution in [0.3, 0.4) is 0 Å². The molecule has 0 amide bonds. The summed E-state index contributed by atoms with van der Waals surface area (Å²) >= 11 is 7.45. The quantitative estimate of drug-likeness (QED) is 0.525. The number of unbranched alkanes of at least 4 members (excludes halogenated alkanes) is 1. The third-order valence-corrected chi connectivity index (χ3v) is 3.98. The van der Waals surface area contributed by atoms with Crippen LogP contribution in [0.4, 0.5) is 0 Å². The van der Waals surface area contributed by atoms with Gasteiger partial charge in [0.05, 0.1) is 16.6 Å². The molecule has 0 unspecified atom stereocenters. The molecule has 0 bridgehead atoms. The molecule has 0 aromatic carbocycles. The largest absolute Gasteiger partial charge is 0.304 e. The lowest BCUT2D eigenvalue weighted by atomic mass is 10.2. The van der Waals surface area contributed by atoms with E-state index in [-0.39, 0.29) is 0 Å². The molecule has 4 heteroatoms. The van der Waals surface area contributed by atoms with Crippen molar-refractivity contribution in [2.24, 2.45) is 0 Å². The summed E-state index contributed by atoms with van der Waals surface area (Å²) in [7, 11) is 0. The summed E-state index contributed by atoms with van der Waals surface area (Å²) in [6.45, 7) is 7.96. The van der Waals surface area contributed by atoms with Crippen molar-refractivity contribution in [2.75, 3.05) is 19.6 Å². The standard InChI is InChI=1S/C12H21ClN2S/c1-3-15(4-2)8-6-5-7-12-14-11(9-13)10-16-12/h10H,3-9H2,1-2H3. The first-order valence-corrected chi connectivity index (χ1v) is 7.43. The number of nitrogens with zero attached hydrogens (tertiary/aromatic N) is 2. The monoisotopic (exact) mass is 260 g/mol. The molecule has 0 atom stereocenters. The van der Waals surface area contributed by atoms with Gasteiger partial charge >= 0.3 is 0 Å². The molecule has 1 heterocycles. The molecule has 0 radical (unpaired) electrons. The van der Waals surface area contributed by atoms with Crippen LogP contribution in [0, 0.1) is 0 Å². The Hall–Kier alpha value is -0.120. The number of thiazole rings is 1. The van der Waals surface area contributed by atoms with Gasteiger partial charge in [0.15, 0.2) is 0 Å². The predicted octanol–water partition coefficient (Wildman–Crippen LogP) is 3.55. The lowest BCUT2D eigenvalue weighted by molar-refractivity contribution is 0.297. The van der Waals surface area contributed by atoms with Crippen molar-refractivity contribution in [1.29, 1.82) is 0 Å². The van der Waals surface area contributed by atoms with E-state index in [2.05, 4.69) is 29.1 Å². The maximum atomic E-state index is 5.72. The second kappa shape index (κ2) is 8.04. The van der Waals surface area contributed by atoms with Gasteiger partial charge in [-0.3, -0.25) is 0 Å². The number of rotatable bonds is 8. The van der Waals surface area contributed by atoms with Gasteiger partial charge in [0.1, 0.15) is 0 Å². The molecule has 1 aromatic rings. The molecule has 1 aromatic heterocycles. The number of halogens is 1. The van der Waals surface area contributed by atoms with E-state index >= 15 is 0 Å². The molecule has 0 saturated carbocycles. The Morgan fingerprint density at radius 2 is 2.06 bits per heavy atom. The Labute approximate surface area is 108 Å². The van der Waals surface area contributed by atoms with Crippen LogP contribution in [-0.4, -0.2) is 29.5 Å². The van der Waals surface area contributed by atoms with E-state index in [0.717, 1.165) is 25.2 Å². The molecule has 2 nitrogen and oxygen atoms in total. The zero-order valence-electron chi connectivity index (χ0n) is 10.2. The van der Waals surface area contributed by atoms with Crippen LogP contribution in [0.5, 0.6) is 0 Å². The minimum absolute atomic E-state index is 0.538. The second-order valence-electron chi connectivity index (χ2n) is 3.85. The summed E-state index contributed by atoms with van der Waals surface area (Å²) in [5.41, 5.74) is 1.02. The second-order valence-corrected chi connectivity index (χ2v) is 5.06. The number of aryl methyl sites for hydroxylation is 1. The molecule has 92 valence electrons. The highest BCUT2D eigenvalue weighted by atomic mass is 35.5. The van der Waals surface area contributed by atoms with Crippen molar-refractivity contribution >= 4 is 22.9 Å². The van der Waals surface area contributed by atoms with Crippen molar-refractivity contribution in [1.82, 2.24) is 9.88 Å². The summed E-state index contributed by atoms with van der Waals surface area (Å²) in [4.78, 5) is 6.92. The van der Waals surface area contributed by atoms with Gasteiger partial charge in [-0.25, -0.2) is 4.98 Å². The lowest BCUT2D eigenvalue weighted by Gasteiger charge is -2.17. The van der Waals surface area contributed by atoms with Crippen molar-refractivity contribution in [3.05, 3.63) is 16.1 Å². The third-order valence-electron chi connectivity index (χ3n) is 2.75. The topological polar surface area (TPSA) is 16.1 Å². The summed E-state index contributed by atoms with van der Waals surface area (Å²) in [6, 6.07) is 0. The van der Waals surface area contributed by atoms with Gasteiger partial charge in [-0.1, -0.05) is 13.8 Å². The summed E-state index contributed by atoms with van der Waals surface area (Å²) in [5, 5.41) is 3.29. The van der Waals surface area contributed by atoms with Crippen LogP contribution in [0.25, 0.3) is 0 Å². The maximum absolute atomic E-state index is 5.72. The fourth-order valence-electron chi connectivity index (χ4n) is 1.68. The average molecular weight is 261 g/mol. The van der Waals surface area contributed by atoms with Gasteiger partial charge < -0.3 is 4.90 Å². The molecular weight excluding hydrogens is 240 g/mol. The number of hydrogen-bond acceptors (Lipinski definition) is 3. The SMILES string of the molecule is CCN(CC)CCCCc1nc(CCl)cs1. The first-order valence-electron chi connectivity index (χ1n) is 6.01. The van der Waals surface area contributed by atoms with Gasteiger partial charge in [0, 0.05) is 5.38 Å². The molecule has 0 aliphatic carbocycles. The first-order chi connectivity index (χ1) is 7.80. The van der Waals surface area contributed by atoms with Gasteiger partial charge in [-0.15, -0.1) is 22.9 Å². The van der Waals surface area contributed by atoms with Gasteiger partial charge in [-0.05, 0) is 38.9 Å². The van der Waals surface area contributed by atoms with E-state index in [0.29, 0.717) is 5.88 Å². The minimum Gasteiger partial charge on any atom is -0.304 e. The third kappa shape index (κ3) is 4.81. The van der Waals surface area contributed by atoms with Crippen LogP contribution in [0.2, 0.25) is 0 Å². The molecule has 0 aliphatic heterocycles. The van der Waals surface area contributed by atoms with Crippen LogP contribution in [-0.2, 0) is 12.3 Å². The summed E-state index contributed by atoms with van der Waals surface area (Å²) in [6.07, 6.45) is 3.59. The number of aromatic nitrogens is 1. The van der Waals surface area contributed by atoms with Crippen LogP contribution < -0.4 is 0 Å². The van der Waals surface area contributed by atoms with E-state index in [4.69, 9.17) is 11.6 Å². The van der Waals surface area contributed by atoms with E-state index in [1.165, 1.54) is 24.4 Å². The van der Waals surface area contributed by atoms with E-state index < -0.39 is 0 Å². The normalized spacial score (nSPS) is 11.2. The van der Waals surface area contributed by atoms with Gasteiger partial charge in [0.25, 0.3) is 0 Å². The van der Waals surface area contributed by atoms with Crippen LogP contribution in [0.1, 0.15) is 37.4 Å². The average Bonchev–Trinajstić information content (AvgIpc) is 2.77. The Balaban J connectivity index is 2.15.